The third kappa shape index (κ3) is 5.39. The van der Waals surface area contributed by atoms with Gasteiger partial charge in [0, 0.05) is 31.1 Å². The second-order valence-corrected chi connectivity index (χ2v) is 3.75. The van der Waals surface area contributed by atoms with Crippen molar-refractivity contribution >= 4 is 0 Å². The molecule has 1 heterocycles. The first-order valence-electron chi connectivity index (χ1n) is 5.94. The van der Waals surface area contributed by atoms with Gasteiger partial charge < -0.3 is 19.5 Å². The summed E-state index contributed by atoms with van der Waals surface area (Å²) in [4.78, 5) is 8.41. The Bertz CT molecular complexity index is 347. The van der Waals surface area contributed by atoms with Crippen molar-refractivity contribution in [2.75, 3.05) is 40.6 Å². The predicted molar refractivity (Wildman–Crippen MR) is 67.7 cm³/mol. The van der Waals surface area contributed by atoms with E-state index in [2.05, 4.69) is 15.3 Å². The maximum Gasteiger partial charge on any atom is 0.316 e. The number of rotatable bonds is 9. The second kappa shape index (κ2) is 8.79. The highest BCUT2D eigenvalue weighted by Gasteiger charge is 2.03. The number of methoxy groups -OCH3 is 1. The van der Waals surface area contributed by atoms with Crippen LogP contribution in [0.5, 0.6) is 6.01 Å². The molecule has 0 aliphatic rings. The Labute approximate surface area is 108 Å². The molecule has 0 radical (unpaired) electrons. The van der Waals surface area contributed by atoms with E-state index in [9.17, 15) is 0 Å². The largest absolute Gasteiger partial charge is 0.461 e. The minimum absolute atomic E-state index is 0.391. The lowest BCUT2D eigenvalue weighted by Gasteiger charge is -2.08. The Balaban J connectivity index is 2.28. The zero-order valence-corrected chi connectivity index (χ0v) is 11.2. The van der Waals surface area contributed by atoms with E-state index in [0.29, 0.717) is 32.4 Å². The average Bonchev–Trinajstić information content (AvgIpc) is 2.37. The summed E-state index contributed by atoms with van der Waals surface area (Å²) in [5.41, 5.74) is 2.00. The van der Waals surface area contributed by atoms with Crippen LogP contribution in [0.2, 0.25) is 0 Å². The Morgan fingerprint density at radius 2 is 2.00 bits per heavy atom. The number of hydrogen-bond donors (Lipinski definition) is 1. The van der Waals surface area contributed by atoms with Gasteiger partial charge in [-0.2, -0.15) is 0 Å². The van der Waals surface area contributed by atoms with Crippen molar-refractivity contribution < 1.29 is 14.2 Å². The molecule has 0 atom stereocenters. The van der Waals surface area contributed by atoms with E-state index < -0.39 is 0 Å². The van der Waals surface area contributed by atoms with Gasteiger partial charge in [-0.1, -0.05) is 0 Å². The van der Waals surface area contributed by atoms with Gasteiger partial charge in [0.2, 0.25) is 0 Å². The summed E-state index contributed by atoms with van der Waals surface area (Å²) in [6.07, 6.45) is 1.78. The van der Waals surface area contributed by atoms with Crippen LogP contribution in [0.1, 0.15) is 11.3 Å². The van der Waals surface area contributed by atoms with Crippen LogP contribution >= 0.6 is 0 Å². The molecule has 1 N–H and O–H groups in total. The molecule has 18 heavy (non-hydrogen) atoms. The molecule has 6 nitrogen and oxygen atoms in total. The van der Waals surface area contributed by atoms with E-state index >= 15 is 0 Å². The third-order valence-corrected chi connectivity index (χ3v) is 2.32. The lowest BCUT2D eigenvalue weighted by molar-refractivity contribution is 0.0528. The lowest BCUT2D eigenvalue weighted by Crippen LogP contribution is -2.13. The first-order chi connectivity index (χ1) is 8.77. The Morgan fingerprint density at radius 1 is 1.22 bits per heavy atom. The van der Waals surface area contributed by atoms with Gasteiger partial charge in [-0.15, -0.1) is 0 Å². The summed E-state index contributed by atoms with van der Waals surface area (Å²) in [7, 11) is 3.53. The zero-order valence-electron chi connectivity index (χ0n) is 11.2. The standard InChI is InChI=1S/C12H21N3O3/c1-10-11(8-13-2)9-14-12(15-10)18-7-6-17-5-4-16-3/h9,13H,4-8H2,1-3H3. The van der Waals surface area contributed by atoms with Crippen LogP contribution in [0.15, 0.2) is 6.20 Å². The highest BCUT2D eigenvalue weighted by molar-refractivity contribution is 5.17. The van der Waals surface area contributed by atoms with E-state index in [1.54, 1.807) is 13.3 Å². The minimum Gasteiger partial charge on any atom is -0.461 e. The molecule has 0 bridgehead atoms. The molecule has 0 aliphatic carbocycles. The molecule has 0 saturated carbocycles. The number of nitrogens with zero attached hydrogens (tertiary/aromatic N) is 2. The van der Waals surface area contributed by atoms with Crippen LogP contribution in [0, 0.1) is 6.92 Å². The quantitative estimate of drug-likeness (QED) is 0.650. The van der Waals surface area contributed by atoms with Crippen molar-refractivity contribution in [3.63, 3.8) is 0 Å². The third-order valence-electron chi connectivity index (χ3n) is 2.32. The van der Waals surface area contributed by atoms with Crippen LogP contribution < -0.4 is 10.1 Å². The number of hydrogen-bond acceptors (Lipinski definition) is 6. The molecule has 0 spiro atoms. The summed E-state index contributed by atoms with van der Waals surface area (Å²) < 4.78 is 15.5. The Kier molecular flexibility index (Phi) is 7.24. The number of aromatic nitrogens is 2. The fraction of sp³-hybridized carbons (Fsp3) is 0.667. The zero-order chi connectivity index (χ0) is 13.2. The van der Waals surface area contributed by atoms with E-state index in [1.807, 2.05) is 14.0 Å². The monoisotopic (exact) mass is 255 g/mol. The van der Waals surface area contributed by atoms with Gasteiger partial charge in [0.25, 0.3) is 0 Å². The highest BCUT2D eigenvalue weighted by Crippen LogP contribution is 2.08. The average molecular weight is 255 g/mol. The summed E-state index contributed by atoms with van der Waals surface area (Å²) in [5.74, 6) is 0. The van der Waals surface area contributed by atoms with Gasteiger partial charge in [-0.05, 0) is 14.0 Å². The first-order valence-corrected chi connectivity index (χ1v) is 5.94. The molecule has 6 heteroatoms. The molecule has 0 fully saturated rings. The Morgan fingerprint density at radius 3 is 2.67 bits per heavy atom. The normalized spacial score (nSPS) is 10.6. The molecule has 0 aromatic carbocycles. The van der Waals surface area contributed by atoms with E-state index in [4.69, 9.17) is 14.2 Å². The fourth-order valence-electron chi connectivity index (χ4n) is 1.34. The van der Waals surface area contributed by atoms with Crippen LogP contribution in [0.25, 0.3) is 0 Å². The number of nitrogens with one attached hydrogen (secondary N) is 1. The summed E-state index contributed by atoms with van der Waals surface area (Å²) in [5, 5.41) is 3.06. The van der Waals surface area contributed by atoms with Crippen molar-refractivity contribution in [3.05, 3.63) is 17.5 Å². The van der Waals surface area contributed by atoms with Gasteiger partial charge in [0.1, 0.15) is 6.61 Å². The predicted octanol–water partition coefficient (Wildman–Crippen LogP) is 0.546. The van der Waals surface area contributed by atoms with Crippen LogP contribution in [0.3, 0.4) is 0 Å². The molecule has 1 aromatic rings. The van der Waals surface area contributed by atoms with Crippen molar-refractivity contribution in [3.8, 4) is 6.01 Å². The van der Waals surface area contributed by atoms with Crippen LogP contribution in [-0.4, -0.2) is 50.6 Å². The summed E-state index contributed by atoms with van der Waals surface area (Å²) in [6, 6.07) is 0.391. The van der Waals surface area contributed by atoms with Crippen molar-refractivity contribution in [1.29, 1.82) is 0 Å². The highest BCUT2D eigenvalue weighted by atomic mass is 16.5. The van der Waals surface area contributed by atoms with Gasteiger partial charge in [-0.3, -0.25) is 0 Å². The van der Waals surface area contributed by atoms with Gasteiger partial charge >= 0.3 is 6.01 Å². The molecular formula is C12H21N3O3. The molecule has 0 aliphatic heterocycles. The van der Waals surface area contributed by atoms with E-state index in [-0.39, 0.29) is 0 Å². The number of ether oxygens (including phenoxy) is 3. The fourth-order valence-corrected chi connectivity index (χ4v) is 1.34. The maximum atomic E-state index is 5.39. The van der Waals surface area contributed by atoms with Crippen LogP contribution in [0.4, 0.5) is 0 Å². The van der Waals surface area contributed by atoms with Gasteiger partial charge in [-0.25, -0.2) is 9.97 Å². The minimum atomic E-state index is 0.391. The first kappa shape index (κ1) is 14.8. The molecule has 0 unspecified atom stereocenters. The van der Waals surface area contributed by atoms with Crippen molar-refractivity contribution in [2.24, 2.45) is 0 Å². The smallest absolute Gasteiger partial charge is 0.316 e. The van der Waals surface area contributed by atoms with Gasteiger partial charge in [0.15, 0.2) is 0 Å². The molecule has 0 amide bonds. The molecule has 102 valence electrons. The van der Waals surface area contributed by atoms with Gasteiger partial charge in [0.05, 0.1) is 19.8 Å². The maximum absolute atomic E-state index is 5.39. The molecule has 1 rings (SSSR count). The number of aryl methyl sites for hydroxylation is 1. The summed E-state index contributed by atoms with van der Waals surface area (Å²) in [6.45, 7) is 4.80. The van der Waals surface area contributed by atoms with E-state index in [0.717, 1.165) is 17.8 Å². The lowest BCUT2D eigenvalue weighted by atomic mass is 10.2. The molecule has 0 saturated heterocycles. The van der Waals surface area contributed by atoms with Crippen LogP contribution in [-0.2, 0) is 16.0 Å². The molecular weight excluding hydrogens is 234 g/mol. The van der Waals surface area contributed by atoms with Crippen molar-refractivity contribution in [1.82, 2.24) is 15.3 Å². The van der Waals surface area contributed by atoms with Crippen molar-refractivity contribution in [2.45, 2.75) is 13.5 Å². The second-order valence-electron chi connectivity index (χ2n) is 3.75. The SMILES string of the molecule is CNCc1cnc(OCCOCCOC)nc1C. The topological polar surface area (TPSA) is 65.5 Å². The van der Waals surface area contributed by atoms with E-state index in [1.165, 1.54) is 0 Å². The Hall–Kier alpha value is -1.24. The summed E-state index contributed by atoms with van der Waals surface area (Å²) >= 11 is 0. The molecule has 1 aromatic heterocycles.